The number of hydrogen-bond donors (Lipinski definition) is 0. The van der Waals surface area contributed by atoms with Crippen molar-refractivity contribution in [3.8, 4) is 0 Å². The number of hydrogen-bond acceptors (Lipinski definition) is 1. The molecule has 1 aromatic rings. The van der Waals surface area contributed by atoms with Gasteiger partial charge in [0, 0.05) is 30.9 Å². The molecule has 0 spiro atoms. The molecule has 1 aliphatic carbocycles. The third-order valence-electron chi connectivity index (χ3n) is 4.74. The maximum atomic E-state index is 3.69. The Labute approximate surface area is 119 Å². The Kier molecular flexibility index (Phi) is 4.05. The molecule has 1 saturated heterocycles. The van der Waals surface area contributed by atoms with Crippen molar-refractivity contribution in [1.82, 2.24) is 4.90 Å². The van der Waals surface area contributed by atoms with Crippen LogP contribution in [0.1, 0.15) is 30.7 Å². The highest BCUT2D eigenvalue weighted by atomic mass is 79.9. The Morgan fingerprint density at radius 1 is 1.11 bits per heavy atom. The van der Waals surface area contributed by atoms with E-state index in [1.165, 1.54) is 44.5 Å². The van der Waals surface area contributed by atoms with Gasteiger partial charge in [-0.2, -0.15) is 0 Å². The number of benzene rings is 1. The molecule has 0 bridgehead atoms. The lowest BCUT2D eigenvalue weighted by atomic mass is 10.0. The van der Waals surface area contributed by atoms with E-state index in [-0.39, 0.29) is 0 Å². The van der Waals surface area contributed by atoms with Crippen molar-refractivity contribution in [1.29, 1.82) is 0 Å². The quantitative estimate of drug-likeness (QED) is 0.763. The first kappa shape index (κ1) is 12.7. The summed E-state index contributed by atoms with van der Waals surface area (Å²) in [7, 11) is 0. The van der Waals surface area contributed by atoms with E-state index in [1.54, 1.807) is 0 Å². The summed E-state index contributed by atoms with van der Waals surface area (Å²) in [6.45, 7) is 3.92. The van der Waals surface area contributed by atoms with Crippen LogP contribution in [-0.4, -0.2) is 29.9 Å². The lowest BCUT2D eigenvalue weighted by Gasteiger charge is -2.23. The number of halogens is 1. The minimum Gasteiger partial charge on any atom is -0.302 e. The molecule has 3 atom stereocenters. The number of alkyl halides is 1. The molecule has 1 saturated carbocycles. The molecule has 3 unspecified atom stereocenters. The Bertz CT molecular complexity index is 366. The molecule has 18 heavy (non-hydrogen) atoms. The summed E-state index contributed by atoms with van der Waals surface area (Å²) in [5.41, 5.74) is 1.48. The zero-order valence-electron chi connectivity index (χ0n) is 10.9. The molecule has 0 aromatic heterocycles. The number of nitrogens with zero attached hydrogens (tertiary/aromatic N) is 1. The van der Waals surface area contributed by atoms with Gasteiger partial charge in [-0.25, -0.2) is 0 Å². The monoisotopic (exact) mass is 307 g/mol. The van der Waals surface area contributed by atoms with Gasteiger partial charge < -0.3 is 4.90 Å². The zero-order valence-corrected chi connectivity index (χ0v) is 12.5. The molecule has 1 aromatic carbocycles. The molecule has 2 heteroatoms. The third-order valence-corrected chi connectivity index (χ3v) is 5.52. The van der Waals surface area contributed by atoms with Gasteiger partial charge in [0.1, 0.15) is 0 Å². The van der Waals surface area contributed by atoms with Crippen LogP contribution >= 0.6 is 15.9 Å². The minimum absolute atomic E-state index is 0.644. The largest absolute Gasteiger partial charge is 0.302 e. The van der Waals surface area contributed by atoms with E-state index in [4.69, 9.17) is 0 Å². The van der Waals surface area contributed by atoms with Crippen LogP contribution in [0.25, 0.3) is 0 Å². The van der Waals surface area contributed by atoms with Gasteiger partial charge in [-0.05, 0) is 30.2 Å². The summed E-state index contributed by atoms with van der Waals surface area (Å²) in [5.74, 6) is 2.67. The van der Waals surface area contributed by atoms with Gasteiger partial charge in [-0.15, -0.1) is 0 Å². The lowest BCUT2D eigenvalue weighted by molar-refractivity contribution is 0.297. The molecule has 2 aliphatic rings. The summed E-state index contributed by atoms with van der Waals surface area (Å²) in [6.07, 6.45) is 4.43. The van der Waals surface area contributed by atoms with Crippen LogP contribution in [0, 0.1) is 11.8 Å². The minimum atomic E-state index is 0.644. The fourth-order valence-corrected chi connectivity index (χ4v) is 4.34. The molecule has 0 N–H and O–H groups in total. The third kappa shape index (κ3) is 2.65. The normalized spacial score (nSPS) is 29.4. The highest BCUT2D eigenvalue weighted by molar-refractivity contribution is 9.09. The van der Waals surface area contributed by atoms with Crippen molar-refractivity contribution in [2.75, 3.05) is 25.0 Å². The number of fused-ring (bicyclic) bond motifs is 1. The van der Waals surface area contributed by atoms with E-state index in [0.29, 0.717) is 5.92 Å². The van der Waals surface area contributed by atoms with Crippen molar-refractivity contribution >= 4 is 15.9 Å². The first-order chi connectivity index (χ1) is 8.86. The smallest absolute Gasteiger partial charge is 0.0112 e. The van der Waals surface area contributed by atoms with Crippen LogP contribution in [0.2, 0.25) is 0 Å². The van der Waals surface area contributed by atoms with E-state index in [0.717, 1.165) is 17.2 Å². The summed E-state index contributed by atoms with van der Waals surface area (Å²) in [6, 6.07) is 11.0. The maximum absolute atomic E-state index is 3.69. The molecular weight excluding hydrogens is 286 g/mol. The van der Waals surface area contributed by atoms with Crippen LogP contribution in [0.4, 0.5) is 0 Å². The Morgan fingerprint density at radius 2 is 1.78 bits per heavy atom. The maximum Gasteiger partial charge on any atom is 0.0112 e. The molecule has 2 fully saturated rings. The van der Waals surface area contributed by atoms with Gasteiger partial charge in [0.25, 0.3) is 0 Å². The molecule has 1 heterocycles. The van der Waals surface area contributed by atoms with Gasteiger partial charge in [0.15, 0.2) is 0 Å². The van der Waals surface area contributed by atoms with E-state index in [2.05, 4.69) is 51.2 Å². The zero-order chi connectivity index (χ0) is 12.4. The molecule has 0 radical (unpaired) electrons. The Balaban J connectivity index is 1.61. The molecule has 98 valence electrons. The second-order valence-electron chi connectivity index (χ2n) is 5.93. The lowest BCUT2D eigenvalue weighted by Crippen LogP contribution is -2.28. The second kappa shape index (κ2) is 5.75. The van der Waals surface area contributed by atoms with E-state index >= 15 is 0 Å². The molecule has 0 amide bonds. The van der Waals surface area contributed by atoms with Crippen LogP contribution in [0.3, 0.4) is 0 Å². The number of likely N-dealkylation sites (tertiary alicyclic amines) is 1. The van der Waals surface area contributed by atoms with Crippen molar-refractivity contribution in [2.45, 2.75) is 25.2 Å². The van der Waals surface area contributed by atoms with Crippen LogP contribution in [-0.2, 0) is 0 Å². The SMILES string of the molecule is BrCC(CN1CC2CCCC2C1)c1ccccc1. The fourth-order valence-electron chi connectivity index (χ4n) is 3.76. The topological polar surface area (TPSA) is 3.24 Å². The van der Waals surface area contributed by atoms with Crippen molar-refractivity contribution < 1.29 is 0 Å². The van der Waals surface area contributed by atoms with Crippen LogP contribution in [0.15, 0.2) is 30.3 Å². The first-order valence-electron chi connectivity index (χ1n) is 7.20. The first-order valence-corrected chi connectivity index (χ1v) is 8.32. The Hall–Kier alpha value is -0.340. The van der Waals surface area contributed by atoms with Crippen molar-refractivity contribution in [3.63, 3.8) is 0 Å². The van der Waals surface area contributed by atoms with Gasteiger partial charge in [0.2, 0.25) is 0 Å². The van der Waals surface area contributed by atoms with Crippen LogP contribution in [0.5, 0.6) is 0 Å². The average Bonchev–Trinajstić information content (AvgIpc) is 2.97. The molecule has 1 aliphatic heterocycles. The fraction of sp³-hybridized carbons (Fsp3) is 0.625. The van der Waals surface area contributed by atoms with E-state index in [9.17, 15) is 0 Å². The molecular formula is C16H22BrN. The Morgan fingerprint density at radius 3 is 2.39 bits per heavy atom. The second-order valence-corrected chi connectivity index (χ2v) is 6.58. The van der Waals surface area contributed by atoms with Gasteiger partial charge in [-0.1, -0.05) is 52.7 Å². The van der Waals surface area contributed by atoms with Gasteiger partial charge in [-0.3, -0.25) is 0 Å². The predicted octanol–water partition coefficient (Wildman–Crippen LogP) is 3.90. The standard InChI is InChI=1S/C16H22BrN/c17-9-16(13-5-2-1-3-6-13)12-18-10-14-7-4-8-15(14)11-18/h1-3,5-6,14-16H,4,7-12H2. The van der Waals surface area contributed by atoms with E-state index < -0.39 is 0 Å². The summed E-state index contributed by atoms with van der Waals surface area (Å²) in [5, 5.41) is 1.07. The summed E-state index contributed by atoms with van der Waals surface area (Å²) in [4.78, 5) is 2.70. The van der Waals surface area contributed by atoms with Crippen molar-refractivity contribution in [3.05, 3.63) is 35.9 Å². The van der Waals surface area contributed by atoms with Gasteiger partial charge in [0.05, 0.1) is 0 Å². The summed E-state index contributed by atoms with van der Waals surface area (Å²) < 4.78 is 0. The number of rotatable bonds is 4. The summed E-state index contributed by atoms with van der Waals surface area (Å²) >= 11 is 3.69. The average molecular weight is 308 g/mol. The molecule has 3 rings (SSSR count). The van der Waals surface area contributed by atoms with Gasteiger partial charge >= 0.3 is 0 Å². The highest BCUT2D eigenvalue weighted by Crippen LogP contribution is 2.38. The predicted molar refractivity (Wildman–Crippen MR) is 80.2 cm³/mol. The van der Waals surface area contributed by atoms with Crippen LogP contribution < -0.4 is 0 Å². The highest BCUT2D eigenvalue weighted by Gasteiger charge is 2.36. The molecule has 1 nitrogen and oxygen atoms in total. The van der Waals surface area contributed by atoms with E-state index in [1.807, 2.05) is 0 Å². The van der Waals surface area contributed by atoms with Crippen molar-refractivity contribution in [2.24, 2.45) is 11.8 Å².